The molecule has 0 heterocycles. The van der Waals surface area contributed by atoms with Crippen molar-refractivity contribution in [1.82, 2.24) is 16.2 Å². The second-order valence-corrected chi connectivity index (χ2v) is 9.31. The van der Waals surface area contributed by atoms with Crippen LogP contribution >= 0.6 is 60.0 Å². The fourth-order valence-electron chi connectivity index (χ4n) is 2.68. The molecular weight excluding hydrogens is 630 g/mol. The molecule has 0 fully saturated rings. The molecule has 0 unspecified atom stereocenters. The first-order valence-electron chi connectivity index (χ1n) is 9.02. The zero-order valence-electron chi connectivity index (χ0n) is 16.5. The van der Waals surface area contributed by atoms with Crippen molar-refractivity contribution in [3.63, 3.8) is 0 Å². The number of fused-ring (bicyclic) bond motifs is 1. The average Bonchev–Trinajstić information content (AvgIpc) is 2.76. The summed E-state index contributed by atoms with van der Waals surface area (Å²) in [5.74, 6) is 0.204. The minimum absolute atomic E-state index is 0.0676. The van der Waals surface area contributed by atoms with Crippen molar-refractivity contribution in [2.24, 2.45) is 0 Å². The van der Waals surface area contributed by atoms with E-state index in [1.54, 1.807) is 24.3 Å². The van der Waals surface area contributed by atoms with Crippen LogP contribution in [-0.4, -0.2) is 30.6 Å². The molecule has 0 spiro atoms. The highest BCUT2D eigenvalue weighted by Crippen LogP contribution is 2.34. The Hall–Kier alpha value is -2.21. The van der Waals surface area contributed by atoms with Crippen LogP contribution in [0.25, 0.3) is 10.8 Å². The SMILES string of the molecule is COc1ccc(C(=O)NNC(=S)NC(=O)COc2ccc3cc(Br)ccc3c2Br)cc1Br. The van der Waals surface area contributed by atoms with Gasteiger partial charge in [0.05, 0.1) is 16.1 Å². The molecule has 11 heteroatoms. The lowest BCUT2D eigenvalue weighted by Crippen LogP contribution is -2.49. The Labute approximate surface area is 214 Å². The van der Waals surface area contributed by atoms with Gasteiger partial charge in [-0.15, -0.1) is 0 Å². The van der Waals surface area contributed by atoms with Crippen LogP contribution in [0.15, 0.2) is 61.9 Å². The maximum Gasteiger partial charge on any atom is 0.269 e. The summed E-state index contributed by atoms with van der Waals surface area (Å²) in [5.41, 5.74) is 5.27. The van der Waals surface area contributed by atoms with E-state index in [4.69, 9.17) is 21.7 Å². The number of thiocarbonyl (C=S) groups is 1. The number of carbonyl (C=O) groups excluding carboxylic acids is 2. The summed E-state index contributed by atoms with van der Waals surface area (Å²) in [6.45, 7) is -0.262. The van der Waals surface area contributed by atoms with Gasteiger partial charge < -0.3 is 9.47 Å². The third-order valence-corrected chi connectivity index (χ3v) is 6.33. The fourth-order valence-corrected chi connectivity index (χ4v) is 4.38. The lowest BCUT2D eigenvalue weighted by molar-refractivity contribution is -0.121. The Bertz CT molecular complexity index is 1210. The first-order chi connectivity index (χ1) is 15.3. The van der Waals surface area contributed by atoms with Crippen molar-refractivity contribution in [1.29, 1.82) is 0 Å². The van der Waals surface area contributed by atoms with Gasteiger partial charge in [-0.25, -0.2) is 0 Å². The van der Waals surface area contributed by atoms with E-state index in [1.807, 2.05) is 24.3 Å². The molecule has 32 heavy (non-hydrogen) atoms. The van der Waals surface area contributed by atoms with Gasteiger partial charge in [-0.2, -0.15) is 0 Å². The van der Waals surface area contributed by atoms with Crippen LogP contribution in [0.5, 0.6) is 11.5 Å². The lowest BCUT2D eigenvalue weighted by Gasteiger charge is -2.13. The zero-order chi connectivity index (χ0) is 23.3. The van der Waals surface area contributed by atoms with Gasteiger partial charge >= 0.3 is 0 Å². The zero-order valence-corrected chi connectivity index (χ0v) is 22.1. The van der Waals surface area contributed by atoms with Gasteiger partial charge in [0.25, 0.3) is 11.8 Å². The summed E-state index contributed by atoms with van der Waals surface area (Å²) in [6, 6.07) is 14.4. The highest BCUT2D eigenvalue weighted by Gasteiger charge is 2.12. The maximum atomic E-state index is 12.2. The van der Waals surface area contributed by atoms with Crippen LogP contribution in [0.3, 0.4) is 0 Å². The van der Waals surface area contributed by atoms with Gasteiger partial charge in [0.2, 0.25) is 0 Å². The molecule has 0 aromatic heterocycles. The first-order valence-corrected chi connectivity index (χ1v) is 11.8. The van der Waals surface area contributed by atoms with Crippen molar-refractivity contribution in [3.8, 4) is 11.5 Å². The highest BCUT2D eigenvalue weighted by atomic mass is 79.9. The van der Waals surface area contributed by atoms with E-state index in [9.17, 15) is 9.59 Å². The van der Waals surface area contributed by atoms with Crippen molar-refractivity contribution < 1.29 is 19.1 Å². The molecule has 0 aliphatic heterocycles. The Balaban J connectivity index is 1.50. The minimum atomic E-state index is -0.480. The lowest BCUT2D eigenvalue weighted by atomic mass is 10.1. The number of halogens is 3. The summed E-state index contributed by atoms with van der Waals surface area (Å²) < 4.78 is 13.1. The molecule has 7 nitrogen and oxygen atoms in total. The number of carbonyl (C=O) groups is 2. The third-order valence-electron chi connectivity index (χ3n) is 4.20. The van der Waals surface area contributed by atoms with E-state index >= 15 is 0 Å². The van der Waals surface area contributed by atoms with Crippen LogP contribution in [0.4, 0.5) is 0 Å². The molecule has 0 atom stereocenters. The topological polar surface area (TPSA) is 88.7 Å². The molecule has 3 aromatic rings. The van der Waals surface area contributed by atoms with Crippen LogP contribution < -0.4 is 25.6 Å². The molecule has 0 bridgehead atoms. The number of rotatable bonds is 5. The number of hydrazine groups is 1. The maximum absolute atomic E-state index is 12.2. The number of hydrogen-bond acceptors (Lipinski definition) is 5. The summed E-state index contributed by atoms with van der Waals surface area (Å²) >= 11 is 15.3. The first kappa shape index (κ1) is 24.4. The van der Waals surface area contributed by atoms with Crippen LogP contribution in [-0.2, 0) is 4.79 Å². The van der Waals surface area contributed by atoms with E-state index in [0.717, 1.165) is 19.7 Å². The molecule has 3 aromatic carbocycles. The molecule has 0 saturated heterocycles. The second-order valence-electron chi connectivity index (χ2n) is 6.34. The average molecular weight is 646 g/mol. The predicted molar refractivity (Wildman–Crippen MR) is 137 cm³/mol. The third kappa shape index (κ3) is 6.18. The predicted octanol–water partition coefficient (Wildman–Crippen LogP) is 4.85. The quantitative estimate of drug-likeness (QED) is 0.272. The second kappa shape index (κ2) is 11.1. The largest absolute Gasteiger partial charge is 0.496 e. The number of methoxy groups -OCH3 is 1. The highest BCUT2D eigenvalue weighted by molar-refractivity contribution is 9.11. The van der Waals surface area contributed by atoms with Gasteiger partial charge in [0, 0.05) is 10.0 Å². The smallest absolute Gasteiger partial charge is 0.269 e. The molecule has 166 valence electrons. The van der Waals surface area contributed by atoms with Gasteiger partial charge in [0.15, 0.2) is 11.7 Å². The molecule has 0 saturated carbocycles. The van der Waals surface area contributed by atoms with Gasteiger partial charge in [-0.05, 0) is 91.2 Å². The molecule has 0 aliphatic carbocycles. The van der Waals surface area contributed by atoms with E-state index in [2.05, 4.69) is 64.0 Å². The summed E-state index contributed by atoms with van der Waals surface area (Å²) in [5, 5.41) is 4.35. The van der Waals surface area contributed by atoms with Crippen molar-refractivity contribution in [2.45, 2.75) is 0 Å². The number of nitrogens with one attached hydrogen (secondary N) is 3. The van der Waals surface area contributed by atoms with E-state index in [-0.39, 0.29) is 11.7 Å². The number of benzene rings is 3. The van der Waals surface area contributed by atoms with Crippen LogP contribution in [0.2, 0.25) is 0 Å². The fraction of sp³-hybridized carbons (Fsp3) is 0.0952. The summed E-state index contributed by atoms with van der Waals surface area (Å²) in [7, 11) is 1.53. The summed E-state index contributed by atoms with van der Waals surface area (Å²) in [6.07, 6.45) is 0. The number of hydrogen-bond donors (Lipinski definition) is 3. The summed E-state index contributed by atoms with van der Waals surface area (Å²) in [4.78, 5) is 24.4. The molecule has 2 amide bonds. The van der Waals surface area contributed by atoms with Crippen molar-refractivity contribution in [3.05, 3.63) is 67.5 Å². The Morgan fingerprint density at radius 3 is 2.44 bits per heavy atom. The van der Waals surface area contributed by atoms with E-state index < -0.39 is 11.8 Å². The Morgan fingerprint density at radius 2 is 1.72 bits per heavy atom. The normalized spacial score (nSPS) is 10.4. The monoisotopic (exact) mass is 643 g/mol. The van der Waals surface area contributed by atoms with Crippen LogP contribution in [0, 0.1) is 0 Å². The van der Waals surface area contributed by atoms with Crippen molar-refractivity contribution >= 4 is 87.7 Å². The minimum Gasteiger partial charge on any atom is -0.496 e. The number of ether oxygens (including phenoxy) is 2. The molecular formula is C21H16Br3N3O4S. The molecule has 0 radical (unpaired) electrons. The number of amides is 2. The molecule has 0 aliphatic rings. The van der Waals surface area contributed by atoms with Gasteiger partial charge in [-0.3, -0.25) is 25.8 Å². The van der Waals surface area contributed by atoms with Gasteiger partial charge in [-0.1, -0.05) is 28.1 Å². The standard InChI is InChI=1S/C21H16Br3N3O4S/c1-30-16-6-3-12(9-15(16)23)20(29)26-27-21(32)25-18(28)10-31-17-7-2-11-8-13(22)4-5-14(11)19(17)24/h2-9H,10H2,1H3,(H,26,29)(H2,25,27,28,32). The van der Waals surface area contributed by atoms with Gasteiger partial charge in [0.1, 0.15) is 11.5 Å². The Kier molecular flexibility index (Phi) is 8.46. The van der Waals surface area contributed by atoms with E-state index in [0.29, 0.717) is 21.5 Å². The molecule has 3 rings (SSSR count). The van der Waals surface area contributed by atoms with Crippen molar-refractivity contribution in [2.75, 3.05) is 13.7 Å². The van der Waals surface area contributed by atoms with Crippen LogP contribution in [0.1, 0.15) is 10.4 Å². The Morgan fingerprint density at radius 1 is 0.969 bits per heavy atom. The molecule has 3 N–H and O–H groups in total. The van der Waals surface area contributed by atoms with E-state index in [1.165, 1.54) is 7.11 Å².